The summed E-state index contributed by atoms with van der Waals surface area (Å²) in [7, 11) is 0. The van der Waals surface area contributed by atoms with Crippen LogP contribution in [0.2, 0.25) is 0 Å². The third kappa shape index (κ3) is 4.55. The van der Waals surface area contributed by atoms with Gasteiger partial charge in [-0.1, -0.05) is 151 Å². The quantitative estimate of drug-likeness (QED) is 0.176. The highest BCUT2D eigenvalue weighted by Gasteiger charge is 2.18. The van der Waals surface area contributed by atoms with Gasteiger partial charge in [-0.25, -0.2) is 0 Å². The van der Waals surface area contributed by atoms with E-state index in [0.717, 1.165) is 49.2 Å². The standard InChI is InChI=1S/C48H30O/c1-2-10-31(11-3-1)37-24-26-39-44-29-38(25-27-45(44)49-46(39)30-37)48-42-16-8-6-14-40(42)47(41-15-7-9-17-43(41)48)34-21-18-33(19-22-34)36-23-20-32-12-4-5-13-35(32)28-36/h1-30H/i1D,2D,3D,10D,11D,24D,25D,26D,27D,29D,30D. The minimum atomic E-state index is -0.657. The van der Waals surface area contributed by atoms with E-state index in [1.54, 1.807) is 0 Å². The van der Waals surface area contributed by atoms with E-state index in [-0.39, 0.29) is 45.6 Å². The molecule has 0 fully saturated rings. The highest BCUT2D eigenvalue weighted by atomic mass is 16.3. The van der Waals surface area contributed by atoms with Gasteiger partial charge in [-0.3, -0.25) is 0 Å². The van der Waals surface area contributed by atoms with E-state index in [2.05, 4.69) is 54.6 Å². The van der Waals surface area contributed by atoms with E-state index >= 15 is 0 Å². The molecule has 0 saturated heterocycles. The Hall–Kier alpha value is -6.44. The Labute approximate surface area is 299 Å². The number of hydrogen-bond donors (Lipinski definition) is 0. The third-order valence-electron chi connectivity index (χ3n) is 9.20. The van der Waals surface area contributed by atoms with E-state index in [9.17, 15) is 5.48 Å². The molecular formula is C48H30O. The molecule has 1 nitrogen and oxygen atoms in total. The molecule has 0 aliphatic carbocycles. The predicted molar refractivity (Wildman–Crippen MR) is 208 cm³/mol. The van der Waals surface area contributed by atoms with Crippen molar-refractivity contribution < 1.29 is 19.5 Å². The van der Waals surface area contributed by atoms with Gasteiger partial charge in [0.1, 0.15) is 11.2 Å². The van der Waals surface area contributed by atoms with Crippen molar-refractivity contribution in [3.05, 3.63) is 182 Å². The molecule has 0 spiro atoms. The van der Waals surface area contributed by atoms with Gasteiger partial charge in [0, 0.05) is 10.8 Å². The molecule has 0 bridgehead atoms. The van der Waals surface area contributed by atoms with E-state index in [1.165, 1.54) is 5.39 Å². The van der Waals surface area contributed by atoms with Crippen LogP contribution in [-0.2, 0) is 0 Å². The summed E-state index contributed by atoms with van der Waals surface area (Å²) >= 11 is 0. The molecule has 10 aromatic rings. The van der Waals surface area contributed by atoms with Crippen LogP contribution in [-0.4, -0.2) is 0 Å². The SMILES string of the molecule is [2H]c1c([2H])c([2H])c(-c2c([2H])c([2H])c3c(oc4c([2H])c([2H])c(-c5c6ccccc6c(-c6ccc(-c7ccc8ccccc8c7)cc6)c6ccccc56)c([2H])c43)c2[2H])c([2H])c1[2H]. The van der Waals surface area contributed by atoms with Gasteiger partial charge >= 0.3 is 0 Å². The first-order valence-electron chi connectivity index (χ1n) is 21.4. The van der Waals surface area contributed by atoms with E-state index in [0.29, 0.717) is 5.56 Å². The van der Waals surface area contributed by atoms with E-state index in [1.807, 2.05) is 60.7 Å². The maximum Gasteiger partial charge on any atom is 0.136 e. The highest BCUT2D eigenvalue weighted by molar-refractivity contribution is 6.22. The van der Waals surface area contributed by atoms with Crippen LogP contribution in [0, 0.1) is 0 Å². The van der Waals surface area contributed by atoms with Crippen molar-refractivity contribution in [1.82, 2.24) is 0 Å². The van der Waals surface area contributed by atoms with Crippen LogP contribution in [0.25, 0.3) is 98.8 Å². The van der Waals surface area contributed by atoms with Crippen LogP contribution in [0.3, 0.4) is 0 Å². The number of rotatable bonds is 4. The Balaban J connectivity index is 1.22. The van der Waals surface area contributed by atoms with Crippen LogP contribution in [0.4, 0.5) is 0 Å². The number of hydrogen-bond acceptors (Lipinski definition) is 1. The summed E-state index contributed by atoms with van der Waals surface area (Å²) in [6.07, 6.45) is 0. The molecule has 0 aliphatic heterocycles. The summed E-state index contributed by atoms with van der Waals surface area (Å²) in [5, 5.41) is 5.38. The minimum Gasteiger partial charge on any atom is -0.456 e. The molecule has 9 aromatic carbocycles. The van der Waals surface area contributed by atoms with Crippen LogP contribution in [0.1, 0.15) is 15.1 Å². The largest absolute Gasteiger partial charge is 0.456 e. The Morgan fingerprint density at radius 1 is 0.347 bits per heavy atom. The molecule has 228 valence electrons. The average molecular weight is 634 g/mol. The van der Waals surface area contributed by atoms with Gasteiger partial charge in [-0.2, -0.15) is 0 Å². The number of furan rings is 1. The lowest BCUT2D eigenvalue weighted by Gasteiger charge is -2.18. The van der Waals surface area contributed by atoms with Crippen LogP contribution >= 0.6 is 0 Å². The molecule has 1 aromatic heterocycles. The Morgan fingerprint density at radius 3 is 1.65 bits per heavy atom. The highest BCUT2D eigenvalue weighted by Crippen LogP contribution is 2.45. The van der Waals surface area contributed by atoms with Crippen molar-refractivity contribution in [3.63, 3.8) is 0 Å². The lowest BCUT2D eigenvalue weighted by atomic mass is 9.85. The Kier molecular flexibility index (Phi) is 4.25. The molecule has 0 unspecified atom stereocenters. The van der Waals surface area contributed by atoms with Crippen molar-refractivity contribution in [2.45, 2.75) is 0 Å². The van der Waals surface area contributed by atoms with Crippen LogP contribution in [0.5, 0.6) is 0 Å². The van der Waals surface area contributed by atoms with Gasteiger partial charge < -0.3 is 4.42 Å². The van der Waals surface area contributed by atoms with E-state index < -0.39 is 59.5 Å². The topological polar surface area (TPSA) is 13.1 Å². The predicted octanol–water partition coefficient (Wildman–Crippen LogP) is 13.7. The molecular weight excluding hydrogens is 593 g/mol. The van der Waals surface area contributed by atoms with Crippen LogP contribution in [0.15, 0.2) is 186 Å². The summed E-state index contributed by atoms with van der Waals surface area (Å²) < 4.78 is 103. The molecule has 0 N–H and O–H groups in total. The third-order valence-corrected chi connectivity index (χ3v) is 9.20. The van der Waals surface area contributed by atoms with Crippen molar-refractivity contribution in [2.75, 3.05) is 0 Å². The van der Waals surface area contributed by atoms with Crippen LogP contribution < -0.4 is 0 Å². The molecule has 0 saturated carbocycles. The Morgan fingerprint density at radius 2 is 0.939 bits per heavy atom. The van der Waals surface area contributed by atoms with Crippen molar-refractivity contribution in [1.29, 1.82) is 0 Å². The molecule has 10 rings (SSSR count). The van der Waals surface area contributed by atoms with Gasteiger partial charge in [0.2, 0.25) is 0 Å². The molecule has 0 radical (unpaired) electrons. The zero-order valence-corrected chi connectivity index (χ0v) is 25.9. The molecule has 49 heavy (non-hydrogen) atoms. The van der Waals surface area contributed by atoms with Crippen molar-refractivity contribution in [3.8, 4) is 44.5 Å². The minimum absolute atomic E-state index is 0.0258. The van der Waals surface area contributed by atoms with Crippen molar-refractivity contribution >= 4 is 54.3 Å². The monoisotopic (exact) mass is 633 g/mol. The summed E-state index contributed by atoms with van der Waals surface area (Å²) in [5.41, 5.74) is 3.41. The summed E-state index contributed by atoms with van der Waals surface area (Å²) in [5.74, 6) is 0. The lowest BCUT2D eigenvalue weighted by molar-refractivity contribution is 0.669. The maximum atomic E-state index is 9.74. The lowest BCUT2D eigenvalue weighted by Crippen LogP contribution is -1.91. The smallest absolute Gasteiger partial charge is 0.136 e. The first-order valence-corrected chi connectivity index (χ1v) is 15.9. The van der Waals surface area contributed by atoms with Crippen molar-refractivity contribution in [2.24, 2.45) is 0 Å². The molecule has 0 atom stereocenters. The fourth-order valence-electron chi connectivity index (χ4n) is 6.92. The van der Waals surface area contributed by atoms with Gasteiger partial charge in [0.15, 0.2) is 0 Å². The second kappa shape index (κ2) is 11.1. The van der Waals surface area contributed by atoms with Gasteiger partial charge in [-0.05, 0) is 107 Å². The summed E-state index contributed by atoms with van der Waals surface area (Å²) in [6.45, 7) is 0. The zero-order chi connectivity index (χ0) is 41.9. The Bertz CT molecular complexity index is 3410. The van der Waals surface area contributed by atoms with Gasteiger partial charge in [0.05, 0.1) is 15.1 Å². The summed E-state index contributed by atoms with van der Waals surface area (Å²) in [6, 6.07) is 32.8. The fraction of sp³-hybridized carbons (Fsp3) is 0. The molecule has 0 amide bonds. The zero-order valence-electron chi connectivity index (χ0n) is 36.9. The van der Waals surface area contributed by atoms with Gasteiger partial charge in [0.25, 0.3) is 0 Å². The second-order valence-corrected chi connectivity index (χ2v) is 12.0. The molecule has 0 aliphatic rings. The second-order valence-electron chi connectivity index (χ2n) is 12.0. The molecule has 1 heteroatoms. The summed E-state index contributed by atoms with van der Waals surface area (Å²) in [4.78, 5) is 0. The maximum absolute atomic E-state index is 9.74. The number of fused-ring (bicyclic) bond motifs is 6. The van der Waals surface area contributed by atoms with Gasteiger partial charge in [-0.15, -0.1) is 0 Å². The fourth-order valence-corrected chi connectivity index (χ4v) is 6.92. The molecule has 1 heterocycles. The first-order chi connectivity index (χ1) is 28.9. The average Bonchev–Trinajstić information content (AvgIpc) is 3.69. The number of benzene rings is 9. The van der Waals surface area contributed by atoms with E-state index in [4.69, 9.17) is 14.0 Å². The normalized spacial score (nSPS) is 14.8. The first kappa shape index (κ1) is 18.8.